The third kappa shape index (κ3) is 4.02. The number of fused-ring (bicyclic) bond motifs is 2. The van der Waals surface area contributed by atoms with E-state index in [1.165, 1.54) is 5.56 Å². The van der Waals surface area contributed by atoms with Gasteiger partial charge in [0, 0.05) is 30.7 Å². The topological polar surface area (TPSA) is 83.7 Å². The van der Waals surface area contributed by atoms with E-state index in [0.717, 1.165) is 59.9 Å². The highest BCUT2D eigenvalue weighted by molar-refractivity contribution is 5.97. The molecule has 0 unspecified atom stereocenters. The highest BCUT2D eigenvalue weighted by atomic mass is 16.5. The Morgan fingerprint density at radius 3 is 2.81 bits per heavy atom. The molecule has 2 aromatic carbocycles. The van der Waals surface area contributed by atoms with Gasteiger partial charge in [0.2, 0.25) is 6.41 Å². The Bertz CT molecular complexity index is 1140. The maximum absolute atomic E-state index is 12.4. The number of methoxy groups -OCH3 is 2. The van der Waals surface area contributed by atoms with Crippen LogP contribution in [0.3, 0.4) is 0 Å². The summed E-state index contributed by atoms with van der Waals surface area (Å²) in [5.74, 6) is 1.20. The zero-order valence-electron chi connectivity index (χ0n) is 18.7. The number of carbonyl (C=O) groups excluding carboxylic acids is 2. The van der Waals surface area contributed by atoms with Gasteiger partial charge >= 0.3 is 0 Å². The van der Waals surface area contributed by atoms with Crippen LogP contribution in [0.2, 0.25) is 0 Å². The Labute approximate surface area is 187 Å². The maximum Gasteiger partial charge on any atom is 0.254 e. The molecule has 0 saturated carbocycles. The number of benzene rings is 2. The van der Waals surface area contributed by atoms with Crippen molar-refractivity contribution in [2.45, 2.75) is 31.7 Å². The second kappa shape index (κ2) is 9.34. The number of amides is 2. The Morgan fingerprint density at radius 2 is 2.09 bits per heavy atom. The summed E-state index contributed by atoms with van der Waals surface area (Å²) < 4.78 is 10.8. The zero-order chi connectivity index (χ0) is 22.7. The maximum atomic E-state index is 12.4. The first-order valence-corrected chi connectivity index (χ1v) is 10.9. The van der Waals surface area contributed by atoms with E-state index in [9.17, 15) is 9.59 Å². The molecule has 0 aliphatic carbocycles. The second-order valence-corrected chi connectivity index (χ2v) is 8.06. The van der Waals surface area contributed by atoms with Gasteiger partial charge in [0.15, 0.2) is 0 Å². The standard InChI is InChI=1S/C25H29N3O4/c1-26-25(30)21-13-20-16(11-24(21)32-3)9-10-28(15-29)23(20)6-4-5-17-14-27-22-8-7-18(31-2)12-19(17)22/h7-8,11-15,23,27H,4-6,9-10H2,1-3H3,(H,26,30)/t23-/m0/s1. The number of nitrogens with zero attached hydrogens (tertiary/aromatic N) is 1. The summed E-state index contributed by atoms with van der Waals surface area (Å²) in [7, 11) is 4.85. The number of carbonyl (C=O) groups is 2. The van der Waals surface area contributed by atoms with Crippen molar-refractivity contribution in [1.82, 2.24) is 15.2 Å². The summed E-state index contributed by atoms with van der Waals surface area (Å²) in [6.45, 7) is 0.661. The predicted octanol–water partition coefficient (Wildman–Crippen LogP) is 3.62. The fourth-order valence-corrected chi connectivity index (χ4v) is 4.66. The average Bonchev–Trinajstić information content (AvgIpc) is 3.24. The summed E-state index contributed by atoms with van der Waals surface area (Å²) >= 11 is 0. The van der Waals surface area contributed by atoms with E-state index >= 15 is 0 Å². The number of aryl methyl sites for hydroxylation is 1. The Kier molecular flexibility index (Phi) is 6.35. The first-order valence-electron chi connectivity index (χ1n) is 10.9. The summed E-state index contributed by atoms with van der Waals surface area (Å²) in [6.07, 6.45) is 6.31. The molecule has 7 heteroatoms. The van der Waals surface area contributed by atoms with E-state index in [-0.39, 0.29) is 11.9 Å². The molecule has 0 bridgehead atoms. The molecular weight excluding hydrogens is 406 g/mol. The van der Waals surface area contributed by atoms with Crippen molar-refractivity contribution >= 4 is 23.2 Å². The molecule has 4 rings (SSSR count). The summed E-state index contributed by atoms with van der Waals surface area (Å²) in [5, 5.41) is 3.83. The van der Waals surface area contributed by atoms with E-state index in [2.05, 4.69) is 16.4 Å². The normalized spacial score (nSPS) is 15.3. The van der Waals surface area contributed by atoms with Crippen LogP contribution in [-0.2, 0) is 17.6 Å². The first-order chi connectivity index (χ1) is 15.6. The summed E-state index contributed by atoms with van der Waals surface area (Å²) in [6, 6.07) is 9.80. The minimum atomic E-state index is -0.195. The van der Waals surface area contributed by atoms with Crippen molar-refractivity contribution in [2.75, 3.05) is 27.8 Å². The van der Waals surface area contributed by atoms with Crippen molar-refractivity contribution in [3.8, 4) is 11.5 Å². The van der Waals surface area contributed by atoms with Crippen LogP contribution in [0.15, 0.2) is 36.5 Å². The van der Waals surface area contributed by atoms with Crippen LogP contribution in [0.5, 0.6) is 11.5 Å². The molecule has 2 N–H and O–H groups in total. The molecule has 1 aliphatic rings. The van der Waals surface area contributed by atoms with Crippen molar-refractivity contribution in [1.29, 1.82) is 0 Å². The minimum Gasteiger partial charge on any atom is -0.497 e. The van der Waals surface area contributed by atoms with Crippen molar-refractivity contribution in [3.63, 3.8) is 0 Å². The van der Waals surface area contributed by atoms with E-state index in [1.807, 2.05) is 35.4 Å². The number of H-pyrrole nitrogens is 1. The highest BCUT2D eigenvalue weighted by Crippen LogP contribution is 2.37. The van der Waals surface area contributed by atoms with Crippen LogP contribution >= 0.6 is 0 Å². The lowest BCUT2D eigenvalue weighted by Crippen LogP contribution is -2.35. The molecule has 2 heterocycles. The smallest absolute Gasteiger partial charge is 0.254 e. The van der Waals surface area contributed by atoms with Gasteiger partial charge in [-0.15, -0.1) is 0 Å². The van der Waals surface area contributed by atoms with Gasteiger partial charge in [-0.25, -0.2) is 0 Å². The molecule has 1 aliphatic heterocycles. The van der Waals surface area contributed by atoms with Crippen molar-refractivity contribution < 1.29 is 19.1 Å². The van der Waals surface area contributed by atoms with Crippen molar-refractivity contribution in [2.24, 2.45) is 0 Å². The van der Waals surface area contributed by atoms with Crippen LogP contribution in [0, 0.1) is 0 Å². The quantitative estimate of drug-likeness (QED) is 0.530. The third-order valence-corrected chi connectivity index (χ3v) is 6.37. The number of aromatic amines is 1. The molecular formula is C25H29N3O4. The average molecular weight is 436 g/mol. The van der Waals surface area contributed by atoms with Gasteiger partial charge in [-0.3, -0.25) is 9.59 Å². The van der Waals surface area contributed by atoms with Gasteiger partial charge in [-0.1, -0.05) is 0 Å². The van der Waals surface area contributed by atoms with E-state index in [4.69, 9.17) is 9.47 Å². The molecule has 32 heavy (non-hydrogen) atoms. The Hall–Kier alpha value is -3.48. The monoisotopic (exact) mass is 435 g/mol. The number of nitrogens with one attached hydrogen (secondary N) is 2. The van der Waals surface area contributed by atoms with Crippen LogP contribution in [0.4, 0.5) is 0 Å². The molecule has 1 atom stereocenters. The minimum absolute atomic E-state index is 0.0645. The molecule has 168 valence electrons. The number of ether oxygens (including phenoxy) is 2. The zero-order valence-corrected chi connectivity index (χ0v) is 18.7. The summed E-state index contributed by atoms with van der Waals surface area (Å²) in [5.41, 5.74) is 4.97. The first kappa shape index (κ1) is 21.7. The van der Waals surface area contributed by atoms with Crippen molar-refractivity contribution in [3.05, 3.63) is 58.8 Å². The molecule has 0 fully saturated rings. The van der Waals surface area contributed by atoms with Gasteiger partial charge in [-0.05, 0) is 72.7 Å². The lowest BCUT2D eigenvalue weighted by atomic mass is 9.87. The lowest BCUT2D eigenvalue weighted by Gasteiger charge is -2.35. The Balaban J connectivity index is 1.58. The Morgan fingerprint density at radius 1 is 1.25 bits per heavy atom. The molecule has 1 aromatic heterocycles. The number of aromatic nitrogens is 1. The summed E-state index contributed by atoms with van der Waals surface area (Å²) in [4.78, 5) is 29.4. The molecule has 0 saturated heterocycles. The largest absolute Gasteiger partial charge is 0.497 e. The molecule has 0 spiro atoms. The third-order valence-electron chi connectivity index (χ3n) is 6.37. The fourth-order valence-electron chi connectivity index (χ4n) is 4.66. The molecule has 2 amide bonds. The van der Waals surface area contributed by atoms with Crippen LogP contribution in [0.25, 0.3) is 10.9 Å². The lowest BCUT2D eigenvalue weighted by molar-refractivity contribution is -0.120. The number of hydrogen-bond donors (Lipinski definition) is 2. The van der Waals surface area contributed by atoms with Gasteiger partial charge in [-0.2, -0.15) is 0 Å². The second-order valence-electron chi connectivity index (χ2n) is 8.06. The molecule has 7 nitrogen and oxygen atoms in total. The predicted molar refractivity (Wildman–Crippen MR) is 123 cm³/mol. The number of hydrogen-bond acceptors (Lipinski definition) is 4. The van der Waals surface area contributed by atoms with Gasteiger partial charge in [0.1, 0.15) is 11.5 Å². The molecule has 0 radical (unpaired) electrons. The van der Waals surface area contributed by atoms with Crippen LogP contribution in [-0.4, -0.2) is 50.0 Å². The van der Waals surface area contributed by atoms with Gasteiger partial charge in [0.25, 0.3) is 5.91 Å². The SMILES string of the molecule is CNC(=O)c1cc2c(cc1OC)CCN(C=O)[C@H]2CCCc1c[nH]c2ccc(OC)cc12. The molecule has 3 aromatic rings. The fraction of sp³-hybridized carbons (Fsp3) is 0.360. The van der Waals surface area contributed by atoms with E-state index in [0.29, 0.717) is 17.9 Å². The van der Waals surface area contributed by atoms with Crippen LogP contribution in [0.1, 0.15) is 45.9 Å². The van der Waals surface area contributed by atoms with Gasteiger partial charge < -0.3 is 24.7 Å². The van der Waals surface area contributed by atoms with Crippen LogP contribution < -0.4 is 14.8 Å². The highest BCUT2D eigenvalue weighted by Gasteiger charge is 2.28. The van der Waals surface area contributed by atoms with E-state index < -0.39 is 0 Å². The van der Waals surface area contributed by atoms with Gasteiger partial charge in [0.05, 0.1) is 25.8 Å². The van der Waals surface area contributed by atoms with E-state index in [1.54, 1.807) is 21.3 Å². The number of rotatable bonds is 8.